The third-order valence-corrected chi connectivity index (χ3v) is 3.46. The first-order chi connectivity index (χ1) is 9.02. The zero-order chi connectivity index (χ0) is 14.2. The van der Waals surface area contributed by atoms with Gasteiger partial charge in [0.05, 0.1) is 13.0 Å². The molecular weight excluding hydrogens is 246 g/mol. The van der Waals surface area contributed by atoms with Crippen LogP contribution in [-0.4, -0.2) is 71.2 Å². The summed E-state index contributed by atoms with van der Waals surface area (Å²) < 4.78 is 1.92. The normalized spacial score (nSPS) is 23.2. The minimum absolute atomic E-state index is 0.235. The van der Waals surface area contributed by atoms with Crippen LogP contribution in [0.1, 0.15) is 19.8 Å². The van der Waals surface area contributed by atoms with E-state index in [0.717, 1.165) is 23.6 Å². The van der Waals surface area contributed by atoms with E-state index in [1.54, 1.807) is 7.05 Å². The Kier molecular flexibility index (Phi) is 3.66. The Morgan fingerprint density at radius 1 is 1.32 bits per heavy atom. The third-order valence-electron chi connectivity index (χ3n) is 3.46. The fourth-order valence-electron chi connectivity index (χ4n) is 2.47. The maximum absolute atomic E-state index is 12.3. The Balaban J connectivity index is 2.43. The van der Waals surface area contributed by atoms with Crippen molar-refractivity contribution < 1.29 is 14.2 Å². The van der Waals surface area contributed by atoms with Crippen molar-refractivity contribution >= 4 is 23.6 Å². The molecule has 1 fully saturated rings. The second-order valence-corrected chi connectivity index (χ2v) is 4.76. The quantitative estimate of drug-likeness (QED) is 0.694. The number of nitrogens with two attached hydrogens (primary N) is 1. The summed E-state index contributed by atoms with van der Waals surface area (Å²) in [5.74, 6) is 1.13. The van der Waals surface area contributed by atoms with E-state index in [1.807, 2.05) is 4.58 Å². The molecule has 104 valence electrons. The highest BCUT2D eigenvalue weighted by atomic mass is 16.2. The average molecular weight is 266 g/mol. The first-order valence-electron chi connectivity index (χ1n) is 6.49. The first kappa shape index (κ1) is 13.7. The molecular formula is C12H20N5O2+. The van der Waals surface area contributed by atoms with Gasteiger partial charge in [-0.15, -0.1) is 0 Å². The number of imide groups is 1. The Hall–Kier alpha value is -1.76. The number of amides is 3. The smallest absolute Gasteiger partial charge is 0.327 e. The SMILES string of the molecule is CCCC1=[N+](CCN)C2C(=O)N(C)C(=O)N(C)C2=N1. The molecule has 1 atom stereocenters. The molecule has 0 aromatic rings. The van der Waals surface area contributed by atoms with E-state index >= 15 is 0 Å². The molecule has 1 unspecified atom stereocenters. The molecule has 0 spiro atoms. The van der Waals surface area contributed by atoms with E-state index in [0.29, 0.717) is 18.9 Å². The first-order valence-corrected chi connectivity index (χ1v) is 6.49. The molecule has 2 heterocycles. The fourth-order valence-corrected chi connectivity index (χ4v) is 2.47. The number of rotatable bonds is 4. The number of hydrogen-bond acceptors (Lipinski definition) is 4. The number of fused-ring (bicyclic) bond motifs is 1. The zero-order valence-electron chi connectivity index (χ0n) is 11.6. The van der Waals surface area contributed by atoms with E-state index in [1.165, 1.54) is 11.9 Å². The topological polar surface area (TPSA) is 82.0 Å². The van der Waals surface area contributed by atoms with E-state index in [9.17, 15) is 9.59 Å². The Morgan fingerprint density at radius 3 is 2.58 bits per heavy atom. The number of nitrogens with zero attached hydrogens (tertiary/aromatic N) is 4. The molecule has 2 aliphatic heterocycles. The Labute approximate surface area is 112 Å². The molecule has 2 rings (SSSR count). The highest BCUT2D eigenvalue weighted by molar-refractivity contribution is 6.22. The molecule has 3 amide bonds. The van der Waals surface area contributed by atoms with Crippen molar-refractivity contribution in [3.8, 4) is 0 Å². The minimum Gasteiger partial charge on any atom is -0.327 e. The number of likely N-dealkylation sites (N-methyl/N-ethyl adjacent to an activating group) is 2. The number of carbonyl (C=O) groups excluding carboxylic acids is 2. The molecule has 2 aliphatic rings. The van der Waals surface area contributed by atoms with E-state index in [2.05, 4.69) is 11.9 Å². The lowest BCUT2D eigenvalue weighted by Crippen LogP contribution is -2.61. The summed E-state index contributed by atoms with van der Waals surface area (Å²) in [6, 6.07) is -0.844. The number of amidine groups is 2. The van der Waals surface area contributed by atoms with Crippen molar-refractivity contribution in [3.63, 3.8) is 0 Å². The summed E-state index contributed by atoms with van der Waals surface area (Å²) in [6.07, 6.45) is 1.71. The molecule has 0 radical (unpaired) electrons. The van der Waals surface area contributed by atoms with Crippen molar-refractivity contribution in [1.82, 2.24) is 9.80 Å². The molecule has 0 aromatic carbocycles. The van der Waals surface area contributed by atoms with Crippen LogP contribution in [0, 0.1) is 0 Å². The second kappa shape index (κ2) is 5.08. The van der Waals surface area contributed by atoms with Crippen LogP contribution < -0.4 is 5.73 Å². The van der Waals surface area contributed by atoms with E-state index < -0.39 is 6.04 Å². The summed E-state index contributed by atoms with van der Waals surface area (Å²) in [7, 11) is 3.14. The van der Waals surface area contributed by atoms with Gasteiger partial charge in [-0.05, 0) is 11.4 Å². The van der Waals surface area contributed by atoms with Crippen LogP contribution in [0.15, 0.2) is 4.99 Å². The largest absolute Gasteiger partial charge is 0.333 e. The lowest BCUT2D eigenvalue weighted by Gasteiger charge is -2.30. The number of hydrogen-bond donors (Lipinski definition) is 1. The molecule has 7 nitrogen and oxygen atoms in total. The summed E-state index contributed by atoms with van der Waals surface area (Å²) in [5, 5.41) is 0. The monoisotopic (exact) mass is 266 g/mol. The molecule has 7 heteroatoms. The van der Waals surface area contributed by atoms with E-state index in [4.69, 9.17) is 5.73 Å². The Bertz CT molecular complexity index is 483. The molecule has 0 saturated carbocycles. The van der Waals surface area contributed by atoms with Gasteiger partial charge in [-0.2, -0.15) is 0 Å². The predicted molar refractivity (Wildman–Crippen MR) is 71.2 cm³/mol. The molecule has 0 aromatic heterocycles. The van der Waals surface area contributed by atoms with Gasteiger partial charge in [0.25, 0.3) is 23.6 Å². The van der Waals surface area contributed by atoms with Crippen LogP contribution in [0.25, 0.3) is 0 Å². The van der Waals surface area contributed by atoms with Crippen LogP contribution in [0.3, 0.4) is 0 Å². The Morgan fingerprint density at radius 2 is 2.00 bits per heavy atom. The van der Waals surface area contributed by atoms with Crippen LogP contribution in [0.2, 0.25) is 0 Å². The van der Waals surface area contributed by atoms with Crippen LogP contribution in [0.5, 0.6) is 0 Å². The highest BCUT2D eigenvalue weighted by Gasteiger charge is 2.52. The molecule has 0 aliphatic carbocycles. The summed E-state index contributed by atoms with van der Waals surface area (Å²) in [4.78, 5) is 31.3. The van der Waals surface area contributed by atoms with Crippen LogP contribution >= 0.6 is 0 Å². The van der Waals surface area contributed by atoms with Crippen molar-refractivity contribution in [1.29, 1.82) is 0 Å². The van der Waals surface area contributed by atoms with Crippen LogP contribution in [-0.2, 0) is 4.79 Å². The van der Waals surface area contributed by atoms with Gasteiger partial charge in [-0.25, -0.2) is 9.37 Å². The maximum Gasteiger partial charge on any atom is 0.333 e. The van der Waals surface area contributed by atoms with Gasteiger partial charge in [0.1, 0.15) is 0 Å². The van der Waals surface area contributed by atoms with Gasteiger partial charge >= 0.3 is 6.03 Å². The summed E-state index contributed by atoms with van der Waals surface area (Å²) >= 11 is 0. The molecule has 1 saturated heterocycles. The predicted octanol–water partition coefficient (Wildman–Crippen LogP) is -0.539. The molecule has 2 N–H and O–H groups in total. The zero-order valence-corrected chi connectivity index (χ0v) is 11.6. The fraction of sp³-hybridized carbons (Fsp3) is 0.667. The minimum atomic E-state index is -0.502. The average Bonchev–Trinajstić information content (AvgIpc) is 2.74. The van der Waals surface area contributed by atoms with Gasteiger partial charge in [0.2, 0.25) is 0 Å². The van der Waals surface area contributed by atoms with Gasteiger partial charge in [-0.3, -0.25) is 14.6 Å². The van der Waals surface area contributed by atoms with Gasteiger partial charge in [-0.1, -0.05) is 6.92 Å². The lowest BCUT2D eigenvalue weighted by molar-refractivity contribution is -0.534. The highest BCUT2D eigenvalue weighted by Crippen LogP contribution is 2.19. The van der Waals surface area contributed by atoms with Crippen molar-refractivity contribution in [3.05, 3.63) is 0 Å². The van der Waals surface area contributed by atoms with Gasteiger partial charge < -0.3 is 5.73 Å². The van der Waals surface area contributed by atoms with Gasteiger partial charge in [0, 0.05) is 20.6 Å². The summed E-state index contributed by atoms with van der Waals surface area (Å²) in [6.45, 7) is 3.06. The number of carbonyl (C=O) groups is 2. The third kappa shape index (κ3) is 2.03. The standard InChI is InChI=1S/C12H20N5O2/c1-4-5-8-14-10-9(17(8)7-6-13)11(18)16(3)12(19)15(10)2/h9H,4-7,13H2,1-3H3/q+1. The second-order valence-electron chi connectivity index (χ2n) is 4.76. The lowest BCUT2D eigenvalue weighted by atomic mass is 10.1. The number of urea groups is 1. The van der Waals surface area contributed by atoms with Crippen molar-refractivity contribution in [2.45, 2.75) is 25.8 Å². The summed E-state index contributed by atoms with van der Waals surface area (Å²) in [5.41, 5.74) is 5.62. The van der Waals surface area contributed by atoms with Crippen LogP contribution in [0.4, 0.5) is 4.79 Å². The van der Waals surface area contributed by atoms with E-state index in [-0.39, 0.29) is 11.9 Å². The van der Waals surface area contributed by atoms with Gasteiger partial charge in [0.15, 0.2) is 0 Å². The number of aliphatic imine (C=N–C) groups is 1. The van der Waals surface area contributed by atoms with Crippen molar-refractivity contribution in [2.75, 3.05) is 27.2 Å². The van der Waals surface area contributed by atoms with Crippen molar-refractivity contribution in [2.24, 2.45) is 10.7 Å². The maximum atomic E-state index is 12.3. The molecule has 0 bridgehead atoms. The molecule has 19 heavy (non-hydrogen) atoms.